The van der Waals surface area contributed by atoms with Gasteiger partial charge in [0.1, 0.15) is 30.7 Å². The molecule has 154 valence electrons. The first-order chi connectivity index (χ1) is 14.1. The van der Waals surface area contributed by atoms with E-state index in [0.717, 1.165) is 39.3 Å². The van der Waals surface area contributed by atoms with Gasteiger partial charge in [0.25, 0.3) is 5.91 Å². The van der Waals surface area contributed by atoms with Gasteiger partial charge in [-0.2, -0.15) is 0 Å². The highest BCUT2D eigenvalue weighted by molar-refractivity contribution is 6.14. The minimum Gasteiger partial charge on any atom is -0.503 e. The molecule has 1 amide bonds. The number of morpholine rings is 1. The highest BCUT2D eigenvalue weighted by atomic mass is 16.5. The third kappa shape index (κ3) is 3.86. The van der Waals surface area contributed by atoms with Gasteiger partial charge in [0, 0.05) is 13.0 Å². The quantitative estimate of drug-likeness (QED) is 0.674. The number of hydrogen-bond acceptors (Lipinski definition) is 6. The molecule has 8 nitrogen and oxygen atoms in total. The lowest BCUT2D eigenvalue weighted by Gasteiger charge is -2.27. The molecule has 0 saturated carbocycles. The minimum atomic E-state index is -0.770. The molecule has 2 N–H and O–H groups in total. The van der Waals surface area contributed by atoms with Gasteiger partial charge in [0.15, 0.2) is 11.5 Å². The van der Waals surface area contributed by atoms with Crippen molar-refractivity contribution in [3.8, 4) is 0 Å². The van der Waals surface area contributed by atoms with Gasteiger partial charge in [-0.05, 0) is 31.2 Å². The molecule has 0 aromatic carbocycles. The molecule has 1 saturated heterocycles. The number of nitrogens with one attached hydrogen (secondary N) is 1. The van der Waals surface area contributed by atoms with E-state index in [2.05, 4.69) is 0 Å². The second kappa shape index (κ2) is 8.26. The van der Waals surface area contributed by atoms with Gasteiger partial charge in [0.05, 0.1) is 31.6 Å². The van der Waals surface area contributed by atoms with Crippen molar-refractivity contribution in [2.45, 2.75) is 19.4 Å². The molecular formula is C21H25N2O6+. The summed E-state index contributed by atoms with van der Waals surface area (Å²) >= 11 is 0. The van der Waals surface area contributed by atoms with Crippen molar-refractivity contribution < 1.29 is 33.2 Å². The number of Topliss-reactive ketones (excluding diaryl/α,β-unsaturated/α-hetero) is 1. The van der Waals surface area contributed by atoms with Crippen LogP contribution in [0.2, 0.25) is 0 Å². The number of rotatable bonds is 7. The van der Waals surface area contributed by atoms with Gasteiger partial charge < -0.3 is 28.5 Å². The van der Waals surface area contributed by atoms with Crippen LogP contribution in [0, 0.1) is 6.92 Å². The number of ketones is 1. The molecule has 0 spiro atoms. The Balaban J connectivity index is 1.57. The van der Waals surface area contributed by atoms with Gasteiger partial charge >= 0.3 is 0 Å². The molecule has 2 aromatic rings. The van der Waals surface area contributed by atoms with Crippen molar-refractivity contribution >= 4 is 11.7 Å². The number of quaternary nitrogens is 1. The maximum Gasteiger partial charge on any atom is 0.290 e. The molecule has 2 aliphatic heterocycles. The van der Waals surface area contributed by atoms with Gasteiger partial charge in [-0.1, -0.05) is 0 Å². The molecule has 8 heteroatoms. The van der Waals surface area contributed by atoms with Crippen molar-refractivity contribution in [1.29, 1.82) is 0 Å². The van der Waals surface area contributed by atoms with Crippen LogP contribution in [-0.2, 0) is 9.53 Å². The van der Waals surface area contributed by atoms with Gasteiger partial charge in [-0.25, -0.2) is 0 Å². The summed E-state index contributed by atoms with van der Waals surface area (Å²) in [4.78, 5) is 28.7. The van der Waals surface area contributed by atoms with Crippen LogP contribution in [0.25, 0.3) is 0 Å². The summed E-state index contributed by atoms with van der Waals surface area (Å²) in [7, 11) is 0. The van der Waals surface area contributed by atoms with Crippen LogP contribution in [0.15, 0.2) is 50.7 Å². The van der Waals surface area contributed by atoms with Crippen LogP contribution in [0.5, 0.6) is 0 Å². The van der Waals surface area contributed by atoms with E-state index in [-0.39, 0.29) is 11.3 Å². The lowest BCUT2D eigenvalue weighted by Crippen LogP contribution is -3.14. The predicted octanol–water partition coefficient (Wildman–Crippen LogP) is 1.06. The smallest absolute Gasteiger partial charge is 0.290 e. The molecular weight excluding hydrogens is 376 g/mol. The van der Waals surface area contributed by atoms with Crippen LogP contribution in [0.3, 0.4) is 0 Å². The number of aliphatic hydroxyl groups excluding tert-OH is 1. The summed E-state index contributed by atoms with van der Waals surface area (Å²) < 4.78 is 16.3. The second-order valence-corrected chi connectivity index (χ2v) is 7.38. The number of aryl methyl sites for hydroxylation is 1. The first kappa shape index (κ1) is 19.5. The summed E-state index contributed by atoms with van der Waals surface area (Å²) in [6.45, 7) is 6.48. The lowest BCUT2D eigenvalue weighted by molar-refractivity contribution is -0.908. The second-order valence-electron chi connectivity index (χ2n) is 7.38. The summed E-state index contributed by atoms with van der Waals surface area (Å²) in [5, 5.41) is 10.5. The zero-order chi connectivity index (χ0) is 20.4. The van der Waals surface area contributed by atoms with Crippen LogP contribution >= 0.6 is 0 Å². The fourth-order valence-electron chi connectivity index (χ4n) is 3.96. The van der Waals surface area contributed by atoms with E-state index in [0.29, 0.717) is 18.1 Å². The Labute approximate surface area is 168 Å². The van der Waals surface area contributed by atoms with Crippen molar-refractivity contribution in [1.82, 2.24) is 4.90 Å². The zero-order valence-electron chi connectivity index (χ0n) is 16.3. The maximum absolute atomic E-state index is 13.0. The molecule has 0 aliphatic carbocycles. The maximum atomic E-state index is 13.0. The van der Waals surface area contributed by atoms with E-state index in [1.54, 1.807) is 25.1 Å². The average molecular weight is 401 g/mol. The molecule has 2 aliphatic rings. The fraction of sp³-hybridized carbons (Fsp3) is 0.429. The molecule has 1 fully saturated rings. The molecule has 29 heavy (non-hydrogen) atoms. The fourth-order valence-corrected chi connectivity index (χ4v) is 3.96. The Morgan fingerprint density at radius 1 is 1.28 bits per heavy atom. The number of carbonyl (C=O) groups excluding carboxylic acids is 2. The molecule has 0 bridgehead atoms. The largest absolute Gasteiger partial charge is 0.503 e. The first-order valence-electron chi connectivity index (χ1n) is 9.86. The monoisotopic (exact) mass is 401 g/mol. The zero-order valence-corrected chi connectivity index (χ0v) is 16.3. The summed E-state index contributed by atoms with van der Waals surface area (Å²) in [6.07, 6.45) is 2.13. The van der Waals surface area contributed by atoms with Crippen LogP contribution in [0.1, 0.15) is 34.5 Å². The third-order valence-electron chi connectivity index (χ3n) is 5.45. The van der Waals surface area contributed by atoms with E-state index in [1.165, 1.54) is 22.1 Å². The predicted molar refractivity (Wildman–Crippen MR) is 102 cm³/mol. The summed E-state index contributed by atoms with van der Waals surface area (Å²) in [5.41, 5.74) is -0.00183. The average Bonchev–Trinajstić information content (AvgIpc) is 3.45. The summed E-state index contributed by atoms with van der Waals surface area (Å²) in [5.74, 6) is -0.413. The van der Waals surface area contributed by atoms with E-state index in [4.69, 9.17) is 13.6 Å². The Hall–Kier alpha value is -2.84. The first-order valence-corrected chi connectivity index (χ1v) is 9.86. The van der Waals surface area contributed by atoms with Crippen molar-refractivity contribution in [3.63, 3.8) is 0 Å². The van der Waals surface area contributed by atoms with Crippen molar-refractivity contribution in [2.24, 2.45) is 0 Å². The van der Waals surface area contributed by atoms with Crippen LogP contribution in [0.4, 0.5) is 0 Å². The van der Waals surface area contributed by atoms with E-state index < -0.39 is 23.5 Å². The number of ether oxygens (including phenoxy) is 1. The van der Waals surface area contributed by atoms with E-state index >= 15 is 0 Å². The molecule has 4 heterocycles. The molecule has 4 rings (SSSR count). The van der Waals surface area contributed by atoms with Gasteiger partial charge in [-0.15, -0.1) is 0 Å². The van der Waals surface area contributed by atoms with E-state index in [9.17, 15) is 14.7 Å². The Morgan fingerprint density at radius 2 is 2.07 bits per heavy atom. The Morgan fingerprint density at radius 3 is 2.72 bits per heavy atom. The number of hydrogen-bond donors (Lipinski definition) is 2. The standard InChI is InChI=1S/C21H24N2O6/c1-14-5-6-15(29-14)18-17(19(24)16-4-2-11-28-16)20(25)21(26)23(18)8-3-7-22-9-12-27-13-10-22/h2,4-6,11,18,25H,3,7-10,12-13H2,1H3/p+1/t18-/m0/s1. The number of amides is 1. The molecule has 1 atom stereocenters. The van der Waals surface area contributed by atoms with Gasteiger partial charge in [-0.3, -0.25) is 9.59 Å². The van der Waals surface area contributed by atoms with Crippen molar-refractivity contribution in [2.75, 3.05) is 39.4 Å². The highest BCUT2D eigenvalue weighted by Gasteiger charge is 2.45. The number of nitrogens with zero attached hydrogens (tertiary/aromatic N) is 1. The summed E-state index contributed by atoms with van der Waals surface area (Å²) in [6, 6.07) is 5.86. The minimum absolute atomic E-state index is 0.00183. The number of aliphatic hydroxyl groups is 1. The third-order valence-corrected chi connectivity index (χ3v) is 5.45. The molecule has 0 radical (unpaired) electrons. The van der Waals surface area contributed by atoms with Crippen molar-refractivity contribution in [3.05, 3.63) is 59.1 Å². The van der Waals surface area contributed by atoms with Gasteiger partial charge in [0.2, 0.25) is 5.78 Å². The topological polar surface area (TPSA) is 97.6 Å². The number of carbonyl (C=O) groups is 2. The number of furan rings is 2. The SMILES string of the molecule is Cc1ccc([C@H]2C(C(=O)c3ccco3)=C(O)C(=O)N2CCC[NH+]2CCOCC2)o1. The Bertz CT molecular complexity index is 908. The van der Waals surface area contributed by atoms with Crippen LogP contribution in [-0.4, -0.2) is 61.1 Å². The highest BCUT2D eigenvalue weighted by Crippen LogP contribution is 2.39. The normalized spacial score (nSPS) is 20.7. The Kier molecular flexibility index (Phi) is 5.55. The molecule has 2 aromatic heterocycles. The van der Waals surface area contributed by atoms with E-state index in [1.807, 2.05) is 0 Å². The van der Waals surface area contributed by atoms with Crippen LogP contribution < -0.4 is 4.90 Å². The molecule has 0 unspecified atom stereocenters. The lowest BCUT2D eigenvalue weighted by atomic mass is 9.99.